The van der Waals surface area contributed by atoms with Crippen molar-refractivity contribution in [2.24, 2.45) is 0 Å². The summed E-state index contributed by atoms with van der Waals surface area (Å²) in [4.78, 5) is 32.1. The lowest BCUT2D eigenvalue weighted by Crippen LogP contribution is -2.50. The van der Waals surface area contributed by atoms with Crippen LogP contribution < -0.4 is 0 Å². The van der Waals surface area contributed by atoms with Crippen LogP contribution in [0.25, 0.3) is 10.6 Å². The predicted molar refractivity (Wildman–Crippen MR) is 92.0 cm³/mol. The van der Waals surface area contributed by atoms with Crippen LogP contribution in [0.3, 0.4) is 0 Å². The summed E-state index contributed by atoms with van der Waals surface area (Å²) in [5.74, 6) is -0.0167. The number of ether oxygens (including phenoxy) is 1. The molecule has 0 bridgehead atoms. The Labute approximate surface area is 144 Å². The zero-order valence-corrected chi connectivity index (χ0v) is 14.3. The molecule has 2 heterocycles. The van der Waals surface area contributed by atoms with Gasteiger partial charge < -0.3 is 14.5 Å². The van der Waals surface area contributed by atoms with E-state index in [2.05, 4.69) is 4.98 Å². The van der Waals surface area contributed by atoms with E-state index in [4.69, 9.17) is 4.74 Å². The number of amides is 2. The van der Waals surface area contributed by atoms with E-state index in [1.807, 2.05) is 29.6 Å². The molecule has 0 N–H and O–H groups in total. The van der Waals surface area contributed by atoms with Crippen LogP contribution in [0.2, 0.25) is 0 Å². The van der Waals surface area contributed by atoms with Crippen molar-refractivity contribution in [1.82, 2.24) is 14.8 Å². The van der Waals surface area contributed by atoms with Crippen molar-refractivity contribution in [2.75, 3.05) is 32.8 Å². The summed E-state index contributed by atoms with van der Waals surface area (Å²) in [6, 6.07) is 7.52. The monoisotopic (exact) mass is 345 g/mol. The lowest BCUT2D eigenvalue weighted by atomic mass is 10.1. The van der Waals surface area contributed by atoms with Crippen LogP contribution in [-0.4, -0.2) is 59.6 Å². The van der Waals surface area contributed by atoms with Crippen LogP contribution in [-0.2, 0) is 4.74 Å². The molecule has 2 aromatic rings. The Bertz CT molecular complexity index is 710. The van der Waals surface area contributed by atoms with Crippen molar-refractivity contribution in [2.45, 2.75) is 6.92 Å². The Morgan fingerprint density at radius 2 is 1.96 bits per heavy atom. The van der Waals surface area contributed by atoms with E-state index in [0.29, 0.717) is 38.3 Å². The molecule has 2 amide bonds. The smallest absolute Gasteiger partial charge is 0.409 e. The molecule has 1 aliphatic rings. The lowest BCUT2D eigenvalue weighted by molar-refractivity contribution is 0.0570. The summed E-state index contributed by atoms with van der Waals surface area (Å²) in [6.45, 7) is 4.17. The van der Waals surface area contributed by atoms with Crippen molar-refractivity contribution in [3.8, 4) is 10.6 Å². The molecule has 7 heteroatoms. The van der Waals surface area contributed by atoms with E-state index in [9.17, 15) is 9.59 Å². The Kier molecular flexibility index (Phi) is 5.10. The third-order valence-electron chi connectivity index (χ3n) is 3.88. The van der Waals surface area contributed by atoms with Gasteiger partial charge in [-0.1, -0.05) is 12.1 Å². The number of aromatic nitrogens is 1. The van der Waals surface area contributed by atoms with Crippen molar-refractivity contribution in [1.29, 1.82) is 0 Å². The standard InChI is InChI=1S/C17H19N3O3S/c1-2-23-17(22)20-9-7-19(8-10-20)16(21)14-5-3-4-13(12-14)15-18-6-11-24-15/h3-6,11-12H,2,7-10H2,1H3. The minimum absolute atomic E-state index is 0.0167. The Balaban J connectivity index is 1.66. The molecule has 0 aliphatic carbocycles. The molecule has 0 unspecified atom stereocenters. The van der Waals surface area contributed by atoms with E-state index < -0.39 is 0 Å². The Hall–Kier alpha value is -2.41. The van der Waals surface area contributed by atoms with Gasteiger partial charge in [0.2, 0.25) is 0 Å². The Morgan fingerprint density at radius 3 is 2.62 bits per heavy atom. The first-order valence-electron chi connectivity index (χ1n) is 7.90. The van der Waals surface area contributed by atoms with Crippen LogP contribution >= 0.6 is 11.3 Å². The number of carbonyl (C=O) groups is 2. The fourth-order valence-corrected chi connectivity index (χ4v) is 3.28. The topological polar surface area (TPSA) is 62.7 Å². The minimum Gasteiger partial charge on any atom is -0.450 e. The van der Waals surface area contributed by atoms with Gasteiger partial charge in [0.1, 0.15) is 5.01 Å². The van der Waals surface area contributed by atoms with E-state index in [1.165, 1.54) is 0 Å². The summed E-state index contributed by atoms with van der Waals surface area (Å²) in [5.41, 5.74) is 1.59. The fraction of sp³-hybridized carbons (Fsp3) is 0.353. The zero-order chi connectivity index (χ0) is 16.9. The summed E-state index contributed by atoms with van der Waals surface area (Å²) >= 11 is 1.55. The van der Waals surface area contributed by atoms with Crippen molar-refractivity contribution in [3.05, 3.63) is 41.4 Å². The third kappa shape index (κ3) is 3.56. The summed E-state index contributed by atoms with van der Waals surface area (Å²) in [7, 11) is 0. The number of thiazole rings is 1. The molecule has 1 aromatic carbocycles. The minimum atomic E-state index is -0.310. The van der Waals surface area contributed by atoms with Gasteiger partial charge in [0.05, 0.1) is 6.61 Å². The van der Waals surface area contributed by atoms with Gasteiger partial charge in [0.25, 0.3) is 5.91 Å². The molecule has 6 nitrogen and oxygen atoms in total. The molecular weight excluding hydrogens is 326 g/mol. The third-order valence-corrected chi connectivity index (χ3v) is 4.70. The SMILES string of the molecule is CCOC(=O)N1CCN(C(=O)c2cccc(-c3nccs3)c2)CC1. The number of hydrogen-bond donors (Lipinski definition) is 0. The number of nitrogens with zero attached hydrogens (tertiary/aromatic N) is 3. The van der Waals surface area contributed by atoms with Crippen LogP contribution in [0, 0.1) is 0 Å². The highest BCUT2D eigenvalue weighted by molar-refractivity contribution is 7.13. The number of hydrogen-bond acceptors (Lipinski definition) is 5. The second-order valence-corrected chi connectivity index (χ2v) is 6.29. The van der Waals surface area contributed by atoms with E-state index in [0.717, 1.165) is 10.6 Å². The maximum absolute atomic E-state index is 12.7. The largest absolute Gasteiger partial charge is 0.450 e. The van der Waals surface area contributed by atoms with Gasteiger partial charge in [-0.3, -0.25) is 4.79 Å². The maximum atomic E-state index is 12.7. The first kappa shape index (κ1) is 16.4. The molecule has 1 fully saturated rings. The Morgan fingerprint density at radius 1 is 1.21 bits per heavy atom. The van der Waals surface area contributed by atoms with Crippen molar-refractivity contribution < 1.29 is 14.3 Å². The first-order chi connectivity index (χ1) is 11.7. The summed E-state index contributed by atoms with van der Waals surface area (Å²) in [5, 5.41) is 2.81. The quantitative estimate of drug-likeness (QED) is 0.858. The highest BCUT2D eigenvalue weighted by Gasteiger charge is 2.25. The maximum Gasteiger partial charge on any atom is 0.409 e. The molecule has 0 radical (unpaired) electrons. The number of rotatable bonds is 3. The fourth-order valence-electron chi connectivity index (χ4n) is 2.64. The molecule has 0 spiro atoms. The average Bonchev–Trinajstić information content (AvgIpc) is 3.16. The number of carbonyl (C=O) groups excluding carboxylic acids is 2. The average molecular weight is 345 g/mol. The first-order valence-corrected chi connectivity index (χ1v) is 8.78. The van der Waals surface area contributed by atoms with Gasteiger partial charge in [-0.05, 0) is 19.1 Å². The highest BCUT2D eigenvalue weighted by atomic mass is 32.1. The molecule has 1 aliphatic heterocycles. The number of benzene rings is 1. The predicted octanol–water partition coefficient (Wildman–Crippen LogP) is 2.72. The molecule has 126 valence electrons. The van der Waals surface area contributed by atoms with Crippen LogP contribution in [0.1, 0.15) is 17.3 Å². The van der Waals surface area contributed by atoms with Gasteiger partial charge in [0, 0.05) is 48.9 Å². The molecule has 0 atom stereocenters. The summed E-state index contributed by atoms with van der Waals surface area (Å²) in [6.07, 6.45) is 1.44. The lowest BCUT2D eigenvalue weighted by Gasteiger charge is -2.34. The molecular formula is C17H19N3O3S. The second kappa shape index (κ2) is 7.44. The molecule has 1 aromatic heterocycles. The van der Waals surface area contributed by atoms with Crippen molar-refractivity contribution in [3.63, 3.8) is 0 Å². The highest BCUT2D eigenvalue weighted by Crippen LogP contribution is 2.23. The van der Waals surface area contributed by atoms with Crippen LogP contribution in [0.4, 0.5) is 4.79 Å². The normalized spacial score (nSPS) is 14.5. The van der Waals surface area contributed by atoms with Crippen LogP contribution in [0.5, 0.6) is 0 Å². The summed E-state index contributed by atoms with van der Waals surface area (Å²) < 4.78 is 5.00. The van der Waals surface area contributed by atoms with Gasteiger partial charge in [-0.25, -0.2) is 9.78 Å². The van der Waals surface area contributed by atoms with E-state index in [1.54, 1.807) is 34.3 Å². The van der Waals surface area contributed by atoms with Gasteiger partial charge >= 0.3 is 6.09 Å². The van der Waals surface area contributed by atoms with Gasteiger partial charge in [0.15, 0.2) is 0 Å². The van der Waals surface area contributed by atoms with Gasteiger partial charge in [-0.15, -0.1) is 11.3 Å². The van der Waals surface area contributed by atoms with Crippen LogP contribution in [0.15, 0.2) is 35.8 Å². The second-order valence-electron chi connectivity index (χ2n) is 5.40. The zero-order valence-electron chi connectivity index (χ0n) is 13.5. The molecule has 3 rings (SSSR count). The van der Waals surface area contributed by atoms with Crippen molar-refractivity contribution >= 4 is 23.3 Å². The van der Waals surface area contributed by atoms with Gasteiger partial charge in [-0.2, -0.15) is 0 Å². The van der Waals surface area contributed by atoms with E-state index >= 15 is 0 Å². The molecule has 24 heavy (non-hydrogen) atoms. The number of piperazine rings is 1. The molecule has 0 saturated carbocycles. The molecule has 1 saturated heterocycles. The van der Waals surface area contributed by atoms with E-state index in [-0.39, 0.29) is 12.0 Å².